The molecule has 4 aromatic rings. The van der Waals surface area contributed by atoms with Gasteiger partial charge in [-0.1, -0.05) is 42.5 Å². The highest BCUT2D eigenvalue weighted by molar-refractivity contribution is 9.10. The second-order valence-corrected chi connectivity index (χ2v) is 6.10. The summed E-state index contributed by atoms with van der Waals surface area (Å²) in [5, 5.41) is 6.16. The van der Waals surface area contributed by atoms with Crippen molar-refractivity contribution in [3.05, 3.63) is 81.6 Å². The molecule has 1 aromatic heterocycles. The molecule has 1 N–H and O–H groups in total. The van der Waals surface area contributed by atoms with Crippen LogP contribution < -0.4 is 10.9 Å². The van der Waals surface area contributed by atoms with Gasteiger partial charge in [0.15, 0.2) is 0 Å². The molecule has 112 valence electrons. The zero-order chi connectivity index (χ0) is 15.8. The summed E-state index contributed by atoms with van der Waals surface area (Å²) in [5.41, 5.74) is 1.86. The van der Waals surface area contributed by atoms with E-state index in [1.54, 1.807) is 0 Å². The van der Waals surface area contributed by atoms with E-state index in [4.69, 9.17) is 4.42 Å². The van der Waals surface area contributed by atoms with E-state index in [1.807, 2.05) is 60.7 Å². The third-order valence-corrected chi connectivity index (χ3v) is 4.47. The summed E-state index contributed by atoms with van der Waals surface area (Å²) in [6, 6.07) is 21.1. The van der Waals surface area contributed by atoms with E-state index in [1.165, 1.54) is 6.07 Å². The summed E-state index contributed by atoms with van der Waals surface area (Å²) < 4.78 is 6.41. The second kappa shape index (κ2) is 5.56. The number of halogens is 1. The molecule has 4 heteroatoms. The van der Waals surface area contributed by atoms with Crippen LogP contribution in [0.2, 0.25) is 0 Å². The van der Waals surface area contributed by atoms with Crippen LogP contribution in [0.5, 0.6) is 0 Å². The number of rotatable bonds is 2. The number of anilines is 2. The van der Waals surface area contributed by atoms with Crippen molar-refractivity contribution in [3.63, 3.8) is 0 Å². The smallest absolute Gasteiger partial charge is 0.338 e. The van der Waals surface area contributed by atoms with Crippen LogP contribution in [0.25, 0.3) is 21.7 Å². The lowest BCUT2D eigenvalue weighted by Crippen LogP contribution is -2.01. The van der Waals surface area contributed by atoms with Crippen LogP contribution >= 0.6 is 15.9 Å². The van der Waals surface area contributed by atoms with Crippen molar-refractivity contribution in [2.45, 2.75) is 0 Å². The third kappa shape index (κ3) is 2.51. The summed E-state index contributed by atoms with van der Waals surface area (Å²) in [4.78, 5) is 12.0. The number of fused-ring (bicyclic) bond motifs is 3. The normalized spacial score (nSPS) is 11.0. The summed E-state index contributed by atoms with van der Waals surface area (Å²) in [6.07, 6.45) is 0. The average molecular weight is 366 g/mol. The van der Waals surface area contributed by atoms with Gasteiger partial charge in [-0.25, -0.2) is 4.79 Å². The Morgan fingerprint density at radius 2 is 1.61 bits per heavy atom. The SMILES string of the molecule is O=c1cc(Nc2ccccc2Br)c2ccc3ccccc3c2o1. The first kappa shape index (κ1) is 14.0. The first-order valence-corrected chi connectivity index (χ1v) is 7.99. The molecule has 0 amide bonds. The van der Waals surface area contributed by atoms with Gasteiger partial charge < -0.3 is 9.73 Å². The molecular weight excluding hydrogens is 354 g/mol. The quantitative estimate of drug-likeness (QED) is 0.379. The van der Waals surface area contributed by atoms with Crippen molar-refractivity contribution >= 4 is 49.0 Å². The van der Waals surface area contributed by atoms with Gasteiger partial charge in [0, 0.05) is 21.3 Å². The molecule has 0 bridgehead atoms. The number of nitrogens with one attached hydrogen (secondary N) is 1. The average Bonchev–Trinajstić information content (AvgIpc) is 2.56. The highest BCUT2D eigenvalue weighted by atomic mass is 79.9. The summed E-state index contributed by atoms with van der Waals surface area (Å²) in [6.45, 7) is 0. The Morgan fingerprint density at radius 3 is 2.48 bits per heavy atom. The Kier molecular flexibility index (Phi) is 3.39. The van der Waals surface area contributed by atoms with Crippen molar-refractivity contribution in [3.8, 4) is 0 Å². The molecule has 0 saturated carbocycles. The first-order valence-electron chi connectivity index (χ1n) is 7.19. The Labute approximate surface area is 140 Å². The van der Waals surface area contributed by atoms with Crippen LogP contribution in [0.3, 0.4) is 0 Å². The monoisotopic (exact) mass is 365 g/mol. The molecule has 3 nitrogen and oxygen atoms in total. The Bertz CT molecular complexity index is 1090. The minimum Gasteiger partial charge on any atom is -0.422 e. The largest absolute Gasteiger partial charge is 0.422 e. The Balaban J connectivity index is 1.98. The van der Waals surface area contributed by atoms with Crippen LogP contribution in [0, 0.1) is 0 Å². The highest BCUT2D eigenvalue weighted by Gasteiger charge is 2.10. The molecule has 4 rings (SSSR count). The number of benzene rings is 3. The van der Waals surface area contributed by atoms with Crippen molar-refractivity contribution in [2.24, 2.45) is 0 Å². The summed E-state index contributed by atoms with van der Waals surface area (Å²) in [5.74, 6) is 0. The molecule has 1 heterocycles. The Morgan fingerprint density at radius 1 is 0.826 bits per heavy atom. The molecule has 0 aliphatic heterocycles. The lowest BCUT2D eigenvalue weighted by atomic mass is 10.1. The fraction of sp³-hybridized carbons (Fsp3) is 0. The maximum Gasteiger partial charge on any atom is 0.338 e. The van der Waals surface area contributed by atoms with Gasteiger partial charge in [0.2, 0.25) is 0 Å². The third-order valence-electron chi connectivity index (χ3n) is 3.78. The number of para-hydroxylation sites is 1. The zero-order valence-electron chi connectivity index (χ0n) is 12.0. The zero-order valence-corrected chi connectivity index (χ0v) is 13.6. The lowest BCUT2D eigenvalue weighted by Gasteiger charge is -2.11. The van der Waals surface area contributed by atoms with E-state index in [-0.39, 0.29) is 5.63 Å². The predicted octanol–water partition coefficient (Wildman–Crippen LogP) is 5.45. The lowest BCUT2D eigenvalue weighted by molar-refractivity contribution is 0.565. The summed E-state index contributed by atoms with van der Waals surface area (Å²) >= 11 is 3.51. The predicted molar refractivity (Wildman–Crippen MR) is 97.4 cm³/mol. The Hall–Kier alpha value is -2.59. The molecular formula is C19H12BrNO2. The van der Waals surface area contributed by atoms with Crippen LogP contribution in [-0.2, 0) is 0 Å². The molecule has 0 fully saturated rings. The van der Waals surface area contributed by atoms with E-state index in [0.717, 1.165) is 32.0 Å². The standard InChI is InChI=1S/C19H12BrNO2/c20-15-7-3-4-8-16(15)21-17-11-18(22)23-19-13-6-2-1-5-12(13)9-10-14(17)19/h1-11,21H. The maximum absolute atomic E-state index is 12.0. The van der Waals surface area contributed by atoms with Gasteiger partial charge in [-0.3, -0.25) is 0 Å². The second-order valence-electron chi connectivity index (χ2n) is 5.25. The van der Waals surface area contributed by atoms with E-state index in [0.29, 0.717) is 5.58 Å². The molecule has 0 aliphatic carbocycles. The van der Waals surface area contributed by atoms with Gasteiger partial charge >= 0.3 is 5.63 Å². The van der Waals surface area contributed by atoms with E-state index < -0.39 is 0 Å². The molecule has 0 aliphatic rings. The van der Waals surface area contributed by atoms with E-state index in [9.17, 15) is 4.79 Å². The number of hydrogen-bond acceptors (Lipinski definition) is 3. The van der Waals surface area contributed by atoms with Gasteiger partial charge in [0.1, 0.15) is 5.58 Å². The maximum atomic E-state index is 12.0. The van der Waals surface area contributed by atoms with Crippen LogP contribution in [0.4, 0.5) is 11.4 Å². The van der Waals surface area contributed by atoms with Crippen molar-refractivity contribution in [1.29, 1.82) is 0 Å². The van der Waals surface area contributed by atoms with E-state index in [2.05, 4.69) is 21.2 Å². The minimum atomic E-state index is -0.372. The van der Waals surface area contributed by atoms with Gasteiger partial charge in [-0.2, -0.15) is 0 Å². The number of hydrogen-bond donors (Lipinski definition) is 1. The summed E-state index contributed by atoms with van der Waals surface area (Å²) in [7, 11) is 0. The topological polar surface area (TPSA) is 42.2 Å². The van der Waals surface area contributed by atoms with Crippen LogP contribution in [-0.4, -0.2) is 0 Å². The fourth-order valence-electron chi connectivity index (χ4n) is 2.70. The molecule has 3 aromatic carbocycles. The van der Waals surface area contributed by atoms with Gasteiger partial charge in [0.25, 0.3) is 0 Å². The molecule has 0 unspecified atom stereocenters. The van der Waals surface area contributed by atoms with Gasteiger partial charge in [-0.15, -0.1) is 0 Å². The molecule has 0 radical (unpaired) electrons. The van der Waals surface area contributed by atoms with Crippen molar-refractivity contribution in [2.75, 3.05) is 5.32 Å². The van der Waals surface area contributed by atoms with Crippen LogP contribution in [0.15, 0.2) is 80.4 Å². The molecule has 0 atom stereocenters. The van der Waals surface area contributed by atoms with Crippen molar-refractivity contribution < 1.29 is 4.42 Å². The van der Waals surface area contributed by atoms with Crippen molar-refractivity contribution in [1.82, 2.24) is 0 Å². The first-order chi connectivity index (χ1) is 11.2. The molecule has 0 spiro atoms. The fourth-order valence-corrected chi connectivity index (χ4v) is 3.09. The van der Waals surface area contributed by atoms with E-state index >= 15 is 0 Å². The minimum absolute atomic E-state index is 0.372. The van der Waals surface area contributed by atoms with Gasteiger partial charge in [-0.05, 0) is 39.5 Å². The highest BCUT2D eigenvalue weighted by Crippen LogP contribution is 2.32. The van der Waals surface area contributed by atoms with Gasteiger partial charge in [0.05, 0.1) is 11.4 Å². The van der Waals surface area contributed by atoms with Crippen LogP contribution in [0.1, 0.15) is 0 Å². The molecule has 23 heavy (non-hydrogen) atoms. The molecule has 0 saturated heterocycles.